The second-order valence-electron chi connectivity index (χ2n) is 4.10. The Bertz CT molecular complexity index is 459. The molecular formula is C12H15F2N3O. The molecule has 0 saturated carbocycles. The number of amides is 1. The van der Waals surface area contributed by atoms with Crippen LogP contribution in [0.1, 0.15) is 10.4 Å². The molecule has 98 valence electrons. The van der Waals surface area contributed by atoms with Crippen LogP contribution in [0.4, 0.5) is 14.5 Å². The minimum absolute atomic E-state index is 0.132. The van der Waals surface area contributed by atoms with Crippen molar-refractivity contribution in [3.8, 4) is 0 Å². The Hall–Kier alpha value is -1.69. The van der Waals surface area contributed by atoms with Gasteiger partial charge < -0.3 is 15.5 Å². The highest BCUT2D eigenvalue weighted by molar-refractivity contribution is 5.95. The number of hydrogen-bond donors (Lipinski definition) is 2. The van der Waals surface area contributed by atoms with Gasteiger partial charge in [-0.3, -0.25) is 4.79 Å². The monoisotopic (exact) mass is 255 g/mol. The van der Waals surface area contributed by atoms with Gasteiger partial charge in [-0.2, -0.15) is 0 Å². The Morgan fingerprint density at radius 1 is 1.28 bits per heavy atom. The zero-order valence-corrected chi connectivity index (χ0v) is 10.1. The first-order chi connectivity index (χ1) is 8.63. The predicted molar refractivity (Wildman–Crippen MR) is 64.8 cm³/mol. The lowest BCUT2D eigenvalue weighted by molar-refractivity contribution is 0.0959. The molecule has 0 aromatic heterocycles. The van der Waals surface area contributed by atoms with Gasteiger partial charge in [-0.15, -0.1) is 0 Å². The molecule has 4 nitrogen and oxygen atoms in total. The average Bonchev–Trinajstić information content (AvgIpc) is 2.39. The molecule has 1 amide bonds. The third-order valence-electron chi connectivity index (χ3n) is 2.97. The highest BCUT2D eigenvalue weighted by Gasteiger charge is 2.20. The maximum Gasteiger partial charge on any atom is 0.254 e. The average molecular weight is 255 g/mol. The molecule has 6 heteroatoms. The van der Waals surface area contributed by atoms with E-state index in [0.29, 0.717) is 13.1 Å². The number of piperazine rings is 1. The maximum absolute atomic E-state index is 13.7. The number of carbonyl (C=O) groups is 1. The van der Waals surface area contributed by atoms with E-state index in [9.17, 15) is 13.6 Å². The summed E-state index contributed by atoms with van der Waals surface area (Å²) < 4.78 is 27.3. The molecule has 18 heavy (non-hydrogen) atoms. The number of nitrogens with zero attached hydrogens (tertiary/aromatic N) is 1. The minimum atomic E-state index is -0.842. The van der Waals surface area contributed by atoms with Crippen LogP contribution in [-0.2, 0) is 0 Å². The largest absolute Gasteiger partial charge is 0.367 e. The lowest BCUT2D eigenvalue weighted by Crippen LogP contribution is -2.44. The lowest BCUT2D eigenvalue weighted by Gasteiger charge is -2.30. The summed E-state index contributed by atoms with van der Waals surface area (Å²) in [6.45, 7) is 2.75. The Morgan fingerprint density at radius 3 is 2.56 bits per heavy atom. The molecule has 1 fully saturated rings. The number of halogens is 2. The van der Waals surface area contributed by atoms with Crippen molar-refractivity contribution in [2.24, 2.45) is 0 Å². The topological polar surface area (TPSA) is 44.4 Å². The predicted octanol–water partition coefficient (Wildman–Crippen LogP) is 0.734. The van der Waals surface area contributed by atoms with Crippen molar-refractivity contribution in [1.29, 1.82) is 0 Å². The van der Waals surface area contributed by atoms with Crippen molar-refractivity contribution in [3.63, 3.8) is 0 Å². The van der Waals surface area contributed by atoms with Crippen LogP contribution in [0.15, 0.2) is 12.1 Å². The van der Waals surface area contributed by atoms with Crippen LogP contribution in [0.2, 0.25) is 0 Å². The number of benzene rings is 1. The van der Waals surface area contributed by atoms with Crippen molar-refractivity contribution in [1.82, 2.24) is 10.6 Å². The first-order valence-corrected chi connectivity index (χ1v) is 5.80. The molecule has 1 heterocycles. The summed E-state index contributed by atoms with van der Waals surface area (Å²) in [5.41, 5.74) is 0.143. The molecular weight excluding hydrogens is 240 g/mol. The van der Waals surface area contributed by atoms with Crippen molar-refractivity contribution >= 4 is 11.6 Å². The highest BCUT2D eigenvalue weighted by atomic mass is 19.1. The van der Waals surface area contributed by atoms with Crippen molar-refractivity contribution in [2.45, 2.75) is 0 Å². The van der Waals surface area contributed by atoms with Gasteiger partial charge in [-0.25, -0.2) is 8.78 Å². The smallest absolute Gasteiger partial charge is 0.254 e. The molecule has 1 aromatic rings. The van der Waals surface area contributed by atoms with Gasteiger partial charge in [0.25, 0.3) is 5.91 Å². The van der Waals surface area contributed by atoms with Gasteiger partial charge in [0.05, 0.1) is 11.3 Å². The fourth-order valence-corrected chi connectivity index (χ4v) is 1.99. The van der Waals surface area contributed by atoms with Crippen LogP contribution < -0.4 is 15.5 Å². The third kappa shape index (κ3) is 2.43. The van der Waals surface area contributed by atoms with Gasteiger partial charge in [0.2, 0.25) is 0 Å². The van der Waals surface area contributed by atoms with Gasteiger partial charge in [0.15, 0.2) is 0 Å². The number of carbonyl (C=O) groups excluding carboxylic acids is 1. The van der Waals surface area contributed by atoms with Gasteiger partial charge >= 0.3 is 0 Å². The quantitative estimate of drug-likeness (QED) is 0.819. The van der Waals surface area contributed by atoms with E-state index in [-0.39, 0.29) is 11.3 Å². The standard InChI is InChI=1S/C12H15F2N3O/c1-15-12(18)8-6-11(10(14)7-9(8)13)17-4-2-16-3-5-17/h6-7,16H,2-5H2,1H3,(H,15,18). The summed E-state index contributed by atoms with van der Waals surface area (Å²) in [5, 5.41) is 5.49. The fourth-order valence-electron chi connectivity index (χ4n) is 1.99. The zero-order valence-electron chi connectivity index (χ0n) is 10.1. The van der Waals surface area contributed by atoms with E-state index >= 15 is 0 Å². The van der Waals surface area contributed by atoms with E-state index in [1.807, 2.05) is 0 Å². The number of anilines is 1. The lowest BCUT2D eigenvalue weighted by atomic mass is 10.1. The van der Waals surface area contributed by atoms with Gasteiger partial charge in [-0.05, 0) is 6.07 Å². The molecule has 2 N–H and O–H groups in total. The molecule has 0 aliphatic carbocycles. The molecule has 0 atom stereocenters. The van der Waals surface area contributed by atoms with Crippen LogP contribution in [0.5, 0.6) is 0 Å². The van der Waals surface area contributed by atoms with E-state index in [1.54, 1.807) is 4.90 Å². The van der Waals surface area contributed by atoms with Crippen LogP contribution in [-0.4, -0.2) is 39.1 Å². The number of hydrogen-bond acceptors (Lipinski definition) is 3. The third-order valence-corrected chi connectivity index (χ3v) is 2.97. The van der Waals surface area contributed by atoms with E-state index in [0.717, 1.165) is 19.2 Å². The second kappa shape index (κ2) is 5.30. The van der Waals surface area contributed by atoms with Crippen molar-refractivity contribution in [2.75, 3.05) is 38.1 Å². The minimum Gasteiger partial charge on any atom is -0.367 e. The Morgan fingerprint density at radius 2 is 1.94 bits per heavy atom. The summed E-state index contributed by atoms with van der Waals surface area (Å²) in [5.74, 6) is -2.03. The van der Waals surface area contributed by atoms with Crippen LogP contribution in [0, 0.1) is 11.6 Å². The van der Waals surface area contributed by atoms with Crippen molar-refractivity contribution in [3.05, 3.63) is 29.3 Å². The zero-order chi connectivity index (χ0) is 13.1. The first-order valence-electron chi connectivity index (χ1n) is 5.80. The van der Waals surface area contributed by atoms with Crippen LogP contribution >= 0.6 is 0 Å². The highest BCUT2D eigenvalue weighted by Crippen LogP contribution is 2.23. The number of rotatable bonds is 2. The summed E-state index contributed by atoms with van der Waals surface area (Å²) in [7, 11) is 1.41. The SMILES string of the molecule is CNC(=O)c1cc(N2CCNCC2)c(F)cc1F. The summed E-state index contributed by atoms with van der Waals surface area (Å²) in [6, 6.07) is 2.04. The molecule has 0 bridgehead atoms. The molecule has 0 spiro atoms. The van der Waals surface area contributed by atoms with E-state index in [4.69, 9.17) is 0 Å². The summed E-state index contributed by atoms with van der Waals surface area (Å²) in [4.78, 5) is 13.3. The molecule has 2 rings (SSSR count). The van der Waals surface area contributed by atoms with Crippen LogP contribution in [0.3, 0.4) is 0 Å². The molecule has 1 aliphatic heterocycles. The van der Waals surface area contributed by atoms with Gasteiger partial charge in [-0.1, -0.05) is 0 Å². The fraction of sp³-hybridized carbons (Fsp3) is 0.417. The maximum atomic E-state index is 13.7. The van der Waals surface area contributed by atoms with Crippen LogP contribution in [0.25, 0.3) is 0 Å². The van der Waals surface area contributed by atoms with Gasteiger partial charge in [0, 0.05) is 39.3 Å². The molecule has 0 radical (unpaired) electrons. The molecule has 0 unspecified atom stereocenters. The van der Waals surface area contributed by atoms with E-state index < -0.39 is 17.5 Å². The van der Waals surface area contributed by atoms with E-state index in [1.165, 1.54) is 13.1 Å². The van der Waals surface area contributed by atoms with Crippen molar-refractivity contribution < 1.29 is 13.6 Å². The second-order valence-corrected chi connectivity index (χ2v) is 4.10. The summed E-state index contributed by atoms with van der Waals surface area (Å²) in [6.07, 6.45) is 0. The first kappa shape index (κ1) is 12.8. The van der Waals surface area contributed by atoms with Gasteiger partial charge in [0.1, 0.15) is 11.6 Å². The normalized spacial score (nSPS) is 15.6. The Labute approximate surface area is 104 Å². The number of nitrogens with one attached hydrogen (secondary N) is 2. The molecule has 1 aromatic carbocycles. The Balaban J connectivity index is 2.37. The molecule has 1 saturated heterocycles. The van der Waals surface area contributed by atoms with E-state index in [2.05, 4.69) is 10.6 Å². The summed E-state index contributed by atoms with van der Waals surface area (Å²) >= 11 is 0. The Kier molecular flexibility index (Phi) is 3.76. The molecule has 1 aliphatic rings.